The van der Waals surface area contributed by atoms with E-state index in [2.05, 4.69) is 0 Å². The maximum absolute atomic E-state index is 11.6. The van der Waals surface area contributed by atoms with Crippen LogP contribution in [0.1, 0.15) is 33.1 Å². The number of carboxylic acid groups (broad SMARTS) is 1. The van der Waals surface area contributed by atoms with Crippen molar-refractivity contribution in [1.82, 2.24) is 0 Å². The summed E-state index contributed by atoms with van der Waals surface area (Å²) in [7, 11) is 0. The number of aliphatic carboxylic acids is 1. The molecule has 0 radical (unpaired) electrons. The Hall–Kier alpha value is -1.03. The molecule has 4 atom stereocenters. The van der Waals surface area contributed by atoms with E-state index in [1.54, 1.807) is 6.26 Å². The molecule has 102 valence electrons. The van der Waals surface area contributed by atoms with Gasteiger partial charge in [0.25, 0.3) is 0 Å². The number of ether oxygens (including phenoxy) is 1. The molecule has 1 heterocycles. The molecule has 0 aromatic rings. The van der Waals surface area contributed by atoms with Gasteiger partial charge in [-0.05, 0) is 30.8 Å². The third-order valence-electron chi connectivity index (χ3n) is 4.52. The molecule has 4 nitrogen and oxygen atoms in total. The molecule has 1 saturated carbocycles. The van der Waals surface area contributed by atoms with Gasteiger partial charge in [0.2, 0.25) is 0 Å². The van der Waals surface area contributed by atoms with Crippen molar-refractivity contribution in [2.45, 2.75) is 38.7 Å². The van der Waals surface area contributed by atoms with Crippen LogP contribution in [-0.4, -0.2) is 28.4 Å². The van der Waals surface area contributed by atoms with Crippen molar-refractivity contribution in [3.63, 3.8) is 0 Å². The van der Waals surface area contributed by atoms with Crippen molar-refractivity contribution >= 4 is 5.97 Å². The minimum absolute atomic E-state index is 0.0672. The number of fused-ring (bicyclic) bond motifs is 1. The van der Waals surface area contributed by atoms with Gasteiger partial charge in [0.05, 0.1) is 12.9 Å². The molecule has 1 aliphatic carbocycles. The molecule has 0 amide bonds. The van der Waals surface area contributed by atoms with Crippen LogP contribution < -0.4 is 0 Å². The average Bonchev–Trinajstić information content (AvgIpc) is 2.77. The molecule has 1 aliphatic heterocycles. The number of hydrogen-bond acceptors (Lipinski definition) is 3. The quantitative estimate of drug-likeness (QED) is 0.805. The number of rotatable bonds is 4. The zero-order chi connectivity index (χ0) is 13.3. The molecule has 0 bridgehead atoms. The van der Waals surface area contributed by atoms with E-state index in [1.807, 2.05) is 19.9 Å². The molecule has 2 N–H and O–H groups in total. The average molecular weight is 254 g/mol. The highest BCUT2D eigenvalue weighted by molar-refractivity contribution is 5.72. The smallest absolute Gasteiger partial charge is 0.310 e. The van der Waals surface area contributed by atoms with Crippen LogP contribution in [0.25, 0.3) is 0 Å². The second kappa shape index (κ2) is 4.92. The number of aliphatic hydroxyl groups is 1. The van der Waals surface area contributed by atoms with E-state index in [-0.39, 0.29) is 18.4 Å². The Bertz CT molecular complexity index is 350. The van der Waals surface area contributed by atoms with Gasteiger partial charge in [0.15, 0.2) is 0 Å². The highest BCUT2D eigenvalue weighted by atomic mass is 16.5. The van der Waals surface area contributed by atoms with E-state index in [1.165, 1.54) is 0 Å². The van der Waals surface area contributed by atoms with Gasteiger partial charge in [-0.25, -0.2) is 0 Å². The first-order valence-corrected chi connectivity index (χ1v) is 6.71. The molecule has 2 aliphatic rings. The summed E-state index contributed by atoms with van der Waals surface area (Å²) in [5, 5.41) is 19.3. The molecular weight excluding hydrogens is 232 g/mol. The second-order valence-electron chi connectivity index (χ2n) is 5.82. The lowest BCUT2D eigenvalue weighted by Crippen LogP contribution is -2.56. The Kier molecular flexibility index (Phi) is 3.66. The lowest BCUT2D eigenvalue weighted by atomic mass is 9.68. The van der Waals surface area contributed by atoms with Gasteiger partial charge in [0.1, 0.15) is 11.5 Å². The minimum atomic E-state index is -0.948. The van der Waals surface area contributed by atoms with Crippen LogP contribution in [-0.2, 0) is 9.53 Å². The molecule has 0 spiro atoms. The lowest BCUT2D eigenvalue weighted by Gasteiger charge is -2.46. The largest absolute Gasteiger partial charge is 0.492 e. The first-order chi connectivity index (χ1) is 8.53. The maximum atomic E-state index is 11.6. The number of carbonyl (C=O) groups is 1. The lowest BCUT2D eigenvalue weighted by molar-refractivity contribution is -0.175. The highest BCUT2D eigenvalue weighted by Crippen LogP contribution is 2.49. The molecule has 0 aromatic carbocycles. The Morgan fingerprint density at radius 1 is 1.50 bits per heavy atom. The third kappa shape index (κ3) is 1.92. The predicted molar refractivity (Wildman–Crippen MR) is 66.8 cm³/mol. The first-order valence-electron chi connectivity index (χ1n) is 6.71. The fraction of sp³-hybridized carbons (Fsp3) is 0.786. The summed E-state index contributed by atoms with van der Waals surface area (Å²) in [5.74, 6) is -1.14. The van der Waals surface area contributed by atoms with Crippen LogP contribution in [0.15, 0.2) is 12.3 Å². The summed E-state index contributed by atoms with van der Waals surface area (Å²) in [6.07, 6.45) is 6.70. The topological polar surface area (TPSA) is 66.8 Å². The van der Waals surface area contributed by atoms with Gasteiger partial charge in [0, 0.05) is 5.92 Å². The van der Waals surface area contributed by atoms with Crippen molar-refractivity contribution in [3.05, 3.63) is 12.3 Å². The van der Waals surface area contributed by atoms with Crippen LogP contribution in [0.4, 0.5) is 0 Å². The summed E-state index contributed by atoms with van der Waals surface area (Å²) in [4.78, 5) is 11.6. The van der Waals surface area contributed by atoms with Crippen molar-refractivity contribution in [1.29, 1.82) is 0 Å². The van der Waals surface area contributed by atoms with Crippen molar-refractivity contribution in [3.8, 4) is 0 Å². The number of aliphatic hydroxyl groups excluding tert-OH is 1. The summed E-state index contributed by atoms with van der Waals surface area (Å²) in [5.41, 5.74) is -0.948. The van der Waals surface area contributed by atoms with E-state index in [4.69, 9.17) is 4.74 Å². The molecule has 4 unspecified atom stereocenters. The van der Waals surface area contributed by atoms with Crippen LogP contribution in [0.3, 0.4) is 0 Å². The van der Waals surface area contributed by atoms with E-state index in [9.17, 15) is 15.0 Å². The van der Waals surface area contributed by atoms with Crippen molar-refractivity contribution in [2.24, 2.45) is 23.7 Å². The number of hydrogen-bond donors (Lipinski definition) is 2. The Morgan fingerprint density at radius 3 is 2.78 bits per heavy atom. The fourth-order valence-corrected chi connectivity index (χ4v) is 3.80. The number of allylic oxidation sites excluding steroid dienone is 1. The fourth-order valence-electron chi connectivity index (χ4n) is 3.80. The second-order valence-corrected chi connectivity index (χ2v) is 5.82. The normalized spacial score (nSPS) is 36.2. The minimum Gasteiger partial charge on any atom is -0.492 e. The maximum Gasteiger partial charge on any atom is 0.310 e. The van der Waals surface area contributed by atoms with E-state index >= 15 is 0 Å². The van der Waals surface area contributed by atoms with E-state index in [0.717, 1.165) is 19.3 Å². The SMILES string of the molecule is CC(C)C(C(=O)O)C1(CO)OC=CC2CCCC21. The monoisotopic (exact) mass is 254 g/mol. The summed E-state index contributed by atoms with van der Waals surface area (Å²) in [6.45, 7) is 3.53. The van der Waals surface area contributed by atoms with Crippen LogP contribution >= 0.6 is 0 Å². The van der Waals surface area contributed by atoms with Gasteiger partial charge < -0.3 is 14.9 Å². The molecule has 0 aromatic heterocycles. The van der Waals surface area contributed by atoms with Gasteiger partial charge in [-0.3, -0.25) is 4.79 Å². The first kappa shape index (κ1) is 13.4. The van der Waals surface area contributed by atoms with E-state index < -0.39 is 17.5 Å². The van der Waals surface area contributed by atoms with Crippen LogP contribution in [0.5, 0.6) is 0 Å². The summed E-state index contributed by atoms with van der Waals surface area (Å²) < 4.78 is 5.70. The molecular formula is C14H22O4. The van der Waals surface area contributed by atoms with Gasteiger partial charge >= 0.3 is 5.97 Å². The summed E-state index contributed by atoms with van der Waals surface area (Å²) in [6, 6.07) is 0. The highest BCUT2D eigenvalue weighted by Gasteiger charge is 2.55. The molecule has 18 heavy (non-hydrogen) atoms. The molecule has 2 rings (SSSR count). The molecule has 1 fully saturated rings. The predicted octanol–water partition coefficient (Wildman–Crippen LogP) is 2.03. The van der Waals surface area contributed by atoms with E-state index in [0.29, 0.717) is 5.92 Å². The van der Waals surface area contributed by atoms with Crippen molar-refractivity contribution in [2.75, 3.05) is 6.61 Å². The Balaban J connectivity index is 2.39. The van der Waals surface area contributed by atoms with Crippen LogP contribution in [0.2, 0.25) is 0 Å². The van der Waals surface area contributed by atoms with Crippen LogP contribution in [0, 0.1) is 23.7 Å². The van der Waals surface area contributed by atoms with Gasteiger partial charge in [-0.1, -0.05) is 20.3 Å². The Morgan fingerprint density at radius 2 is 2.22 bits per heavy atom. The third-order valence-corrected chi connectivity index (χ3v) is 4.52. The zero-order valence-corrected chi connectivity index (χ0v) is 11.0. The van der Waals surface area contributed by atoms with Gasteiger partial charge in [-0.15, -0.1) is 0 Å². The molecule has 0 saturated heterocycles. The standard InChI is InChI=1S/C14H22O4/c1-9(2)12(13(16)17)14(8-15)11-5-3-4-10(11)6-7-18-14/h6-7,9-12,15H,3-5,8H2,1-2H3,(H,16,17). The zero-order valence-electron chi connectivity index (χ0n) is 11.0. The number of carboxylic acids is 1. The van der Waals surface area contributed by atoms with Crippen molar-refractivity contribution < 1.29 is 19.7 Å². The molecule has 4 heteroatoms. The Labute approximate surface area is 108 Å². The van der Waals surface area contributed by atoms with Gasteiger partial charge in [-0.2, -0.15) is 0 Å². The summed E-state index contributed by atoms with van der Waals surface area (Å²) >= 11 is 0.